The van der Waals surface area contributed by atoms with Crippen LogP contribution in [0.3, 0.4) is 0 Å². The summed E-state index contributed by atoms with van der Waals surface area (Å²) in [6.07, 6.45) is 6.84. The summed E-state index contributed by atoms with van der Waals surface area (Å²) in [4.78, 5) is 14.0. The van der Waals surface area contributed by atoms with Crippen molar-refractivity contribution >= 4 is 23.1 Å². The highest BCUT2D eigenvalue weighted by Crippen LogP contribution is 2.26. The van der Waals surface area contributed by atoms with Crippen LogP contribution >= 0.6 is 12.2 Å². The van der Waals surface area contributed by atoms with Crippen molar-refractivity contribution in [1.82, 2.24) is 4.90 Å². The third-order valence-corrected chi connectivity index (χ3v) is 4.67. The van der Waals surface area contributed by atoms with Gasteiger partial charge in [-0.1, -0.05) is 38.9 Å². The van der Waals surface area contributed by atoms with Gasteiger partial charge in [-0.15, -0.1) is 0 Å². The summed E-state index contributed by atoms with van der Waals surface area (Å²) in [5.74, 6) is -0.236. The van der Waals surface area contributed by atoms with E-state index < -0.39 is 0 Å². The molecule has 0 aliphatic heterocycles. The summed E-state index contributed by atoms with van der Waals surface area (Å²) in [6, 6.07) is 0.528. The first-order valence-corrected chi connectivity index (χ1v) is 7.56. The minimum Gasteiger partial charge on any atom is -0.393 e. The van der Waals surface area contributed by atoms with Gasteiger partial charge >= 0.3 is 0 Å². The fourth-order valence-electron chi connectivity index (χ4n) is 2.71. The van der Waals surface area contributed by atoms with Crippen molar-refractivity contribution in [3.8, 4) is 0 Å². The predicted octanol–water partition coefficient (Wildman–Crippen LogP) is 1.81. The molecule has 110 valence electrons. The Morgan fingerprint density at radius 3 is 2.37 bits per heavy atom. The molecule has 1 fully saturated rings. The van der Waals surface area contributed by atoms with Crippen LogP contribution in [0.25, 0.3) is 0 Å². The largest absolute Gasteiger partial charge is 0.393 e. The van der Waals surface area contributed by atoms with Crippen LogP contribution < -0.4 is 11.5 Å². The molecular weight excluding hydrogens is 258 g/mol. The standard InChI is InChI=1S/C14H27N3OS/c1-14(2,13(16)19)8-5-9-17(10-12(15)18)11-6-3-4-7-11/h11H,3-10H2,1-2H3,(H2,15,18)(H2,16,19). The monoisotopic (exact) mass is 285 g/mol. The quantitative estimate of drug-likeness (QED) is 0.667. The van der Waals surface area contributed by atoms with Crippen molar-refractivity contribution in [2.75, 3.05) is 13.1 Å². The fraction of sp³-hybridized carbons (Fsp3) is 0.857. The first kappa shape index (κ1) is 16.4. The van der Waals surface area contributed by atoms with Crippen LogP contribution in [-0.2, 0) is 4.79 Å². The molecule has 19 heavy (non-hydrogen) atoms. The summed E-state index contributed by atoms with van der Waals surface area (Å²) < 4.78 is 0. The van der Waals surface area contributed by atoms with Crippen molar-refractivity contribution < 1.29 is 4.79 Å². The second-order valence-electron chi connectivity index (χ2n) is 6.23. The average Bonchev–Trinajstić information content (AvgIpc) is 2.80. The summed E-state index contributed by atoms with van der Waals surface area (Å²) in [5.41, 5.74) is 11.0. The zero-order chi connectivity index (χ0) is 14.5. The number of hydrogen-bond donors (Lipinski definition) is 2. The average molecular weight is 285 g/mol. The smallest absolute Gasteiger partial charge is 0.231 e. The summed E-state index contributed by atoms with van der Waals surface area (Å²) in [5, 5.41) is 0. The Bertz CT molecular complexity index is 325. The van der Waals surface area contributed by atoms with E-state index in [4.69, 9.17) is 23.7 Å². The Balaban J connectivity index is 2.44. The Morgan fingerprint density at radius 1 is 1.32 bits per heavy atom. The lowest BCUT2D eigenvalue weighted by Crippen LogP contribution is -2.41. The minimum absolute atomic E-state index is 0.108. The maximum absolute atomic E-state index is 11.2. The van der Waals surface area contributed by atoms with Crippen LogP contribution in [0.1, 0.15) is 52.4 Å². The van der Waals surface area contributed by atoms with Gasteiger partial charge in [-0.2, -0.15) is 0 Å². The minimum atomic E-state index is -0.236. The van der Waals surface area contributed by atoms with Crippen LogP contribution in [-0.4, -0.2) is 34.9 Å². The first-order chi connectivity index (χ1) is 8.83. The molecule has 1 aliphatic rings. The van der Waals surface area contributed by atoms with Gasteiger partial charge in [0.25, 0.3) is 0 Å². The molecule has 0 aromatic rings. The van der Waals surface area contributed by atoms with Gasteiger partial charge in [-0.25, -0.2) is 0 Å². The predicted molar refractivity (Wildman–Crippen MR) is 82.8 cm³/mol. The number of nitrogens with two attached hydrogens (primary N) is 2. The Kier molecular flexibility index (Phi) is 6.20. The fourth-order valence-corrected chi connectivity index (χ4v) is 2.81. The van der Waals surface area contributed by atoms with Crippen molar-refractivity contribution in [3.05, 3.63) is 0 Å². The molecule has 0 aromatic carbocycles. The molecule has 0 atom stereocenters. The van der Waals surface area contributed by atoms with Gasteiger partial charge in [0.1, 0.15) is 0 Å². The third kappa shape index (κ3) is 5.45. The summed E-state index contributed by atoms with van der Waals surface area (Å²) in [7, 11) is 0. The van der Waals surface area contributed by atoms with Crippen LogP contribution in [0.2, 0.25) is 0 Å². The third-order valence-electron chi connectivity index (χ3n) is 4.11. The van der Waals surface area contributed by atoms with Gasteiger partial charge in [0.15, 0.2) is 0 Å². The van der Waals surface area contributed by atoms with Crippen molar-refractivity contribution in [2.45, 2.75) is 58.4 Å². The molecule has 0 aromatic heterocycles. The zero-order valence-electron chi connectivity index (χ0n) is 12.2. The molecule has 1 aliphatic carbocycles. The molecule has 5 heteroatoms. The highest BCUT2D eigenvalue weighted by molar-refractivity contribution is 7.80. The van der Waals surface area contributed by atoms with E-state index in [1.54, 1.807) is 0 Å². The molecule has 4 N–H and O–H groups in total. The number of carbonyl (C=O) groups is 1. The molecular formula is C14H27N3OS. The highest BCUT2D eigenvalue weighted by atomic mass is 32.1. The van der Waals surface area contributed by atoms with Gasteiger partial charge in [0, 0.05) is 11.5 Å². The van der Waals surface area contributed by atoms with E-state index >= 15 is 0 Å². The highest BCUT2D eigenvalue weighted by Gasteiger charge is 2.25. The zero-order valence-corrected chi connectivity index (χ0v) is 13.0. The molecule has 0 spiro atoms. The molecule has 4 nitrogen and oxygen atoms in total. The van der Waals surface area contributed by atoms with E-state index in [9.17, 15) is 4.79 Å². The molecule has 0 heterocycles. The lowest BCUT2D eigenvalue weighted by atomic mass is 9.88. The molecule has 1 saturated carbocycles. The van der Waals surface area contributed by atoms with Crippen LogP contribution in [0.4, 0.5) is 0 Å². The van der Waals surface area contributed by atoms with Gasteiger partial charge < -0.3 is 11.5 Å². The SMILES string of the molecule is CC(C)(CCCN(CC(N)=O)C1CCCC1)C(N)=S. The summed E-state index contributed by atoms with van der Waals surface area (Å²) in [6.45, 7) is 5.42. The number of rotatable bonds is 8. The van der Waals surface area contributed by atoms with Gasteiger partial charge in [-0.3, -0.25) is 9.69 Å². The number of nitrogens with zero attached hydrogens (tertiary/aromatic N) is 1. The number of amides is 1. The van der Waals surface area contributed by atoms with Gasteiger partial charge in [0.2, 0.25) is 5.91 Å². The molecule has 1 amide bonds. The van der Waals surface area contributed by atoms with Crippen LogP contribution in [0, 0.1) is 5.41 Å². The maximum atomic E-state index is 11.2. The van der Waals surface area contributed by atoms with E-state index in [2.05, 4.69) is 18.7 Å². The van der Waals surface area contributed by atoms with E-state index in [0.717, 1.165) is 19.4 Å². The van der Waals surface area contributed by atoms with Gasteiger partial charge in [0.05, 0.1) is 11.5 Å². The van der Waals surface area contributed by atoms with E-state index in [1.807, 2.05) is 0 Å². The topological polar surface area (TPSA) is 72.3 Å². The van der Waals surface area contributed by atoms with E-state index in [1.165, 1.54) is 25.7 Å². The molecule has 0 radical (unpaired) electrons. The Labute approximate surface area is 121 Å². The Morgan fingerprint density at radius 2 is 1.89 bits per heavy atom. The molecule has 0 unspecified atom stereocenters. The van der Waals surface area contributed by atoms with Crippen LogP contribution in [0.5, 0.6) is 0 Å². The second-order valence-corrected chi connectivity index (χ2v) is 6.67. The number of carbonyl (C=O) groups excluding carboxylic acids is 1. The van der Waals surface area contributed by atoms with E-state index in [0.29, 0.717) is 17.6 Å². The van der Waals surface area contributed by atoms with Crippen molar-refractivity contribution in [2.24, 2.45) is 16.9 Å². The Hall–Kier alpha value is -0.680. The first-order valence-electron chi connectivity index (χ1n) is 7.15. The lowest BCUT2D eigenvalue weighted by molar-refractivity contribution is -0.119. The maximum Gasteiger partial charge on any atom is 0.231 e. The van der Waals surface area contributed by atoms with Gasteiger partial charge in [-0.05, 0) is 32.2 Å². The normalized spacial score (nSPS) is 17.0. The molecule has 1 rings (SSSR count). The van der Waals surface area contributed by atoms with Crippen LogP contribution in [0.15, 0.2) is 0 Å². The number of primary amides is 1. The molecule has 0 bridgehead atoms. The second kappa shape index (κ2) is 7.20. The van der Waals surface area contributed by atoms with Crippen molar-refractivity contribution in [1.29, 1.82) is 0 Å². The number of thiocarbonyl (C=S) groups is 1. The molecule has 0 saturated heterocycles. The van der Waals surface area contributed by atoms with Crippen molar-refractivity contribution in [3.63, 3.8) is 0 Å². The van der Waals surface area contributed by atoms with E-state index in [-0.39, 0.29) is 11.3 Å². The number of hydrogen-bond acceptors (Lipinski definition) is 3. The lowest BCUT2D eigenvalue weighted by Gasteiger charge is -2.29. The summed E-state index contributed by atoms with van der Waals surface area (Å²) >= 11 is 5.08.